The second-order valence-corrected chi connectivity index (χ2v) is 4.77. The Kier molecular flexibility index (Phi) is 11.2. The monoisotopic (exact) mass is 328 g/mol. The van der Waals surface area contributed by atoms with Gasteiger partial charge in [-0.3, -0.25) is 4.79 Å². The molecule has 23 heavy (non-hydrogen) atoms. The van der Waals surface area contributed by atoms with Gasteiger partial charge in [0.15, 0.2) is 0 Å². The minimum absolute atomic E-state index is 0.00200. The maximum Gasteiger partial charge on any atom is 0.333 e. The SMILES string of the molecule is C=C(C)C(=O)OCCOCCCC(=O)OCCOC(=O)C(=C)C. The fourth-order valence-electron chi connectivity index (χ4n) is 1.22. The van der Waals surface area contributed by atoms with Crippen molar-refractivity contribution in [2.24, 2.45) is 0 Å². The number of carbonyl (C=O) groups is 3. The normalized spacial score (nSPS) is 9.83. The largest absolute Gasteiger partial charge is 0.462 e. The van der Waals surface area contributed by atoms with Gasteiger partial charge in [-0.15, -0.1) is 0 Å². The lowest BCUT2D eigenvalue weighted by Crippen LogP contribution is -2.15. The zero-order chi connectivity index (χ0) is 17.7. The number of rotatable bonds is 12. The van der Waals surface area contributed by atoms with Crippen LogP contribution in [0.4, 0.5) is 0 Å². The molecule has 0 aromatic carbocycles. The molecular formula is C16H24O7. The van der Waals surface area contributed by atoms with E-state index in [-0.39, 0.29) is 32.8 Å². The van der Waals surface area contributed by atoms with Gasteiger partial charge in [0.25, 0.3) is 0 Å². The van der Waals surface area contributed by atoms with Gasteiger partial charge in [0.2, 0.25) is 0 Å². The van der Waals surface area contributed by atoms with Crippen LogP contribution in [0.25, 0.3) is 0 Å². The van der Waals surface area contributed by atoms with E-state index in [9.17, 15) is 14.4 Å². The van der Waals surface area contributed by atoms with Crippen molar-refractivity contribution >= 4 is 17.9 Å². The lowest BCUT2D eigenvalue weighted by molar-refractivity contribution is -0.150. The molecular weight excluding hydrogens is 304 g/mol. The fraction of sp³-hybridized carbons (Fsp3) is 0.562. The molecule has 0 atom stereocenters. The topological polar surface area (TPSA) is 88.1 Å². The Balaban J connectivity index is 3.43. The van der Waals surface area contributed by atoms with Gasteiger partial charge in [0.05, 0.1) is 6.61 Å². The molecule has 0 saturated heterocycles. The van der Waals surface area contributed by atoms with E-state index in [0.717, 1.165) is 0 Å². The summed E-state index contributed by atoms with van der Waals surface area (Å²) in [5.74, 6) is -1.36. The summed E-state index contributed by atoms with van der Waals surface area (Å²) in [5, 5.41) is 0. The molecule has 0 heterocycles. The molecule has 0 aliphatic carbocycles. The summed E-state index contributed by atoms with van der Waals surface area (Å²) in [6, 6.07) is 0. The summed E-state index contributed by atoms with van der Waals surface area (Å²) in [6.45, 7) is 10.7. The lowest BCUT2D eigenvalue weighted by atomic mass is 10.3. The van der Waals surface area contributed by atoms with Crippen molar-refractivity contribution < 1.29 is 33.3 Å². The molecule has 0 aliphatic heterocycles. The highest BCUT2D eigenvalue weighted by molar-refractivity contribution is 5.87. The maximum absolute atomic E-state index is 11.4. The molecule has 130 valence electrons. The molecule has 0 unspecified atom stereocenters. The van der Waals surface area contributed by atoms with Crippen LogP contribution in [0.2, 0.25) is 0 Å². The highest BCUT2D eigenvalue weighted by Gasteiger charge is 2.06. The average Bonchev–Trinajstić information content (AvgIpc) is 2.49. The van der Waals surface area contributed by atoms with Crippen molar-refractivity contribution in [3.63, 3.8) is 0 Å². The van der Waals surface area contributed by atoms with Gasteiger partial charge >= 0.3 is 17.9 Å². The van der Waals surface area contributed by atoms with Crippen molar-refractivity contribution in [1.82, 2.24) is 0 Å². The molecule has 0 rings (SSSR count). The van der Waals surface area contributed by atoms with Crippen LogP contribution in [0.1, 0.15) is 26.7 Å². The first-order valence-corrected chi connectivity index (χ1v) is 7.23. The lowest BCUT2D eigenvalue weighted by Gasteiger charge is -2.07. The van der Waals surface area contributed by atoms with Crippen LogP contribution in [0, 0.1) is 0 Å². The third-order valence-corrected chi connectivity index (χ3v) is 2.41. The molecule has 0 aromatic rings. The predicted molar refractivity (Wildman–Crippen MR) is 82.6 cm³/mol. The van der Waals surface area contributed by atoms with E-state index in [4.69, 9.17) is 18.9 Å². The Hall–Kier alpha value is -2.15. The summed E-state index contributed by atoms with van der Waals surface area (Å²) in [4.78, 5) is 33.5. The van der Waals surface area contributed by atoms with Crippen LogP contribution in [-0.4, -0.2) is 50.9 Å². The van der Waals surface area contributed by atoms with E-state index < -0.39 is 17.9 Å². The van der Waals surface area contributed by atoms with Gasteiger partial charge in [-0.2, -0.15) is 0 Å². The van der Waals surface area contributed by atoms with E-state index in [0.29, 0.717) is 24.2 Å². The van der Waals surface area contributed by atoms with E-state index in [1.165, 1.54) is 6.92 Å². The summed E-state index contributed by atoms with van der Waals surface area (Å²) >= 11 is 0. The van der Waals surface area contributed by atoms with E-state index in [2.05, 4.69) is 13.2 Å². The molecule has 0 aliphatic rings. The third kappa shape index (κ3) is 12.1. The van der Waals surface area contributed by atoms with Crippen LogP contribution in [0.15, 0.2) is 24.3 Å². The highest BCUT2D eigenvalue weighted by Crippen LogP contribution is 1.96. The van der Waals surface area contributed by atoms with Crippen molar-refractivity contribution in [3.8, 4) is 0 Å². The maximum atomic E-state index is 11.4. The summed E-state index contributed by atoms with van der Waals surface area (Å²) in [7, 11) is 0. The Labute approximate surface area is 136 Å². The number of hydrogen-bond acceptors (Lipinski definition) is 7. The zero-order valence-electron chi connectivity index (χ0n) is 13.7. The van der Waals surface area contributed by atoms with Crippen molar-refractivity contribution in [3.05, 3.63) is 24.3 Å². The fourth-order valence-corrected chi connectivity index (χ4v) is 1.22. The minimum Gasteiger partial charge on any atom is -0.462 e. The van der Waals surface area contributed by atoms with Gasteiger partial charge in [-0.25, -0.2) is 9.59 Å². The van der Waals surface area contributed by atoms with Crippen molar-refractivity contribution in [1.29, 1.82) is 0 Å². The number of carbonyl (C=O) groups excluding carboxylic acids is 3. The standard InChI is InChI=1S/C16H24O7/c1-12(2)15(18)22-9-8-20-7-5-6-14(17)21-10-11-23-16(19)13(3)4/h1,3,5-11H2,2,4H3. The summed E-state index contributed by atoms with van der Waals surface area (Å²) in [5.41, 5.74) is 0.629. The first-order chi connectivity index (χ1) is 10.8. The van der Waals surface area contributed by atoms with Crippen molar-refractivity contribution in [2.75, 3.05) is 33.0 Å². The van der Waals surface area contributed by atoms with Crippen LogP contribution < -0.4 is 0 Å². The first-order valence-electron chi connectivity index (χ1n) is 7.23. The Bertz CT molecular complexity index is 440. The van der Waals surface area contributed by atoms with Crippen LogP contribution in [0.5, 0.6) is 0 Å². The van der Waals surface area contributed by atoms with Gasteiger partial charge in [0, 0.05) is 24.2 Å². The molecule has 7 nitrogen and oxygen atoms in total. The highest BCUT2D eigenvalue weighted by atomic mass is 16.6. The second-order valence-electron chi connectivity index (χ2n) is 4.77. The van der Waals surface area contributed by atoms with E-state index in [1.807, 2.05) is 0 Å². The third-order valence-electron chi connectivity index (χ3n) is 2.41. The van der Waals surface area contributed by atoms with Crippen molar-refractivity contribution in [2.45, 2.75) is 26.7 Å². The molecule has 0 fully saturated rings. The van der Waals surface area contributed by atoms with Crippen LogP contribution in [-0.2, 0) is 33.3 Å². The molecule has 0 bridgehead atoms. The number of ether oxygens (including phenoxy) is 4. The minimum atomic E-state index is -0.512. The van der Waals surface area contributed by atoms with Gasteiger partial charge in [0.1, 0.15) is 19.8 Å². The molecule has 0 amide bonds. The van der Waals surface area contributed by atoms with Crippen LogP contribution in [0.3, 0.4) is 0 Å². The molecule has 0 aromatic heterocycles. The first kappa shape index (κ1) is 20.9. The molecule has 7 heteroatoms. The molecule has 0 radical (unpaired) electrons. The Morgan fingerprint density at radius 1 is 0.739 bits per heavy atom. The number of esters is 3. The zero-order valence-corrected chi connectivity index (χ0v) is 13.7. The summed E-state index contributed by atoms with van der Waals surface area (Å²) in [6.07, 6.45) is 0.679. The molecule has 0 spiro atoms. The average molecular weight is 328 g/mol. The Morgan fingerprint density at radius 3 is 1.74 bits per heavy atom. The molecule has 0 saturated carbocycles. The molecule has 0 N–H and O–H groups in total. The van der Waals surface area contributed by atoms with Gasteiger partial charge in [-0.1, -0.05) is 13.2 Å². The second kappa shape index (κ2) is 12.4. The Morgan fingerprint density at radius 2 is 1.22 bits per heavy atom. The van der Waals surface area contributed by atoms with E-state index >= 15 is 0 Å². The van der Waals surface area contributed by atoms with E-state index in [1.54, 1.807) is 6.92 Å². The predicted octanol–water partition coefficient (Wildman–Crippen LogP) is 1.56. The quantitative estimate of drug-likeness (QED) is 0.232. The smallest absolute Gasteiger partial charge is 0.333 e. The van der Waals surface area contributed by atoms with Gasteiger partial charge in [-0.05, 0) is 20.3 Å². The van der Waals surface area contributed by atoms with Gasteiger partial charge < -0.3 is 18.9 Å². The summed E-state index contributed by atoms with van der Waals surface area (Å²) < 4.78 is 19.7. The number of hydrogen-bond donors (Lipinski definition) is 0. The van der Waals surface area contributed by atoms with Crippen LogP contribution >= 0.6 is 0 Å².